The van der Waals surface area contributed by atoms with Crippen LogP contribution in [0.3, 0.4) is 0 Å². The Kier molecular flexibility index (Phi) is 11.1. The van der Waals surface area contributed by atoms with Crippen LogP contribution in [-0.2, 0) is 16.1 Å². The van der Waals surface area contributed by atoms with Crippen LogP contribution in [0.15, 0.2) is 35.3 Å². The smallest absolute Gasteiger partial charge is 0.310 e. The van der Waals surface area contributed by atoms with Gasteiger partial charge in [0.15, 0.2) is 5.96 Å². The van der Waals surface area contributed by atoms with E-state index in [2.05, 4.69) is 59.3 Å². The lowest BCUT2D eigenvalue weighted by Crippen LogP contribution is -2.48. The number of likely N-dealkylation sites (tertiary alicyclic amines) is 2. The van der Waals surface area contributed by atoms with E-state index in [1.807, 2.05) is 6.92 Å². The van der Waals surface area contributed by atoms with Crippen LogP contribution < -0.4 is 5.32 Å². The molecule has 2 heterocycles. The fraction of sp³-hybridized carbons (Fsp3) is 0.667. The van der Waals surface area contributed by atoms with Gasteiger partial charge in [-0.05, 0) is 51.5 Å². The van der Waals surface area contributed by atoms with E-state index in [4.69, 9.17) is 9.73 Å². The largest absolute Gasteiger partial charge is 0.466 e. The molecule has 31 heavy (non-hydrogen) atoms. The van der Waals surface area contributed by atoms with Crippen LogP contribution in [0, 0.1) is 11.8 Å². The zero-order valence-electron chi connectivity index (χ0n) is 19.3. The van der Waals surface area contributed by atoms with Crippen LogP contribution in [0.1, 0.15) is 45.6 Å². The van der Waals surface area contributed by atoms with Crippen molar-refractivity contribution in [2.75, 3.05) is 39.3 Å². The standard InChI is InChI=1S/C24H38N4O2.HI/c1-4-25-24(27-13-9-12-22(18-27)23(29)30-5-2)26-15-21-14-19(3)28(17-21)16-20-10-7-6-8-11-20;/h6-8,10-11,19,21-22H,4-5,9,12-18H2,1-3H3,(H,25,26);1H/t19?,21?,22-;/m1./s1. The van der Waals surface area contributed by atoms with Gasteiger partial charge >= 0.3 is 5.97 Å². The van der Waals surface area contributed by atoms with Gasteiger partial charge in [-0.2, -0.15) is 0 Å². The molecule has 0 saturated carbocycles. The zero-order chi connectivity index (χ0) is 21.3. The van der Waals surface area contributed by atoms with Crippen molar-refractivity contribution in [1.82, 2.24) is 15.1 Å². The predicted octanol–water partition coefficient (Wildman–Crippen LogP) is 3.76. The highest BCUT2D eigenvalue weighted by Gasteiger charge is 2.30. The van der Waals surface area contributed by atoms with Crippen LogP contribution in [0.25, 0.3) is 0 Å². The molecule has 1 N–H and O–H groups in total. The van der Waals surface area contributed by atoms with Gasteiger partial charge in [0, 0.05) is 45.3 Å². The van der Waals surface area contributed by atoms with Gasteiger partial charge in [-0.25, -0.2) is 0 Å². The minimum Gasteiger partial charge on any atom is -0.466 e. The molecule has 0 aromatic heterocycles. The molecule has 2 unspecified atom stereocenters. The molecule has 2 fully saturated rings. The second kappa shape index (κ2) is 13.3. The molecule has 1 aromatic carbocycles. The molecule has 0 amide bonds. The Labute approximate surface area is 204 Å². The number of hydrogen-bond donors (Lipinski definition) is 1. The Hall–Kier alpha value is -1.35. The lowest BCUT2D eigenvalue weighted by Gasteiger charge is -2.34. The van der Waals surface area contributed by atoms with E-state index in [9.17, 15) is 4.79 Å². The quantitative estimate of drug-likeness (QED) is 0.246. The van der Waals surface area contributed by atoms with E-state index in [-0.39, 0.29) is 35.9 Å². The second-order valence-electron chi connectivity index (χ2n) is 8.60. The molecule has 1 aromatic rings. The number of carbonyl (C=O) groups is 1. The van der Waals surface area contributed by atoms with Crippen LogP contribution in [0.5, 0.6) is 0 Å². The zero-order valence-corrected chi connectivity index (χ0v) is 21.6. The third-order valence-electron chi connectivity index (χ3n) is 6.19. The molecule has 3 rings (SSSR count). The monoisotopic (exact) mass is 542 g/mol. The summed E-state index contributed by atoms with van der Waals surface area (Å²) in [6, 6.07) is 11.3. The first-order chi connectivity index (χ1) is 14.6. The highest BCUT2D eigenvalue weighted by atomic mass is 127. The van der Waals surface area contributed by atoms with Crippen molar-refractivity contribution in [2.45, 2.75) is 52.6 Å². The molecule has 6 nitrogen and oxygen atoms in total. The number of ether oxygens (including phenoxy) is 1. The molecule has 3 atom stereocenters. The molecule has 2 aliphatic rings. The van der Waals surface area contributed by atoms with Crippen LogP contribution in [-0.4, -0.2) is 67.1 Å². The van der Waals surface area contributed by atoms with Crippen LogP contribution in [0.4, 0.5) is 0 Å². The molecule has 2 aliphatic heterocycles. The molecular formula is C24H39IN4O2. The summed E-state index contributed by atoms with van der Waals surface area (Å²) < 4.78 is 5.25. The molecule has 0 bridgehead atoms. The molecule has 0 radical (unpaired) electrons. The number of halogens is 1. The summed E-state index contributed by atoms with van der Waals surface area (Å²) in [4.78, 5) is 22.0. The summed E-state index contributed by atoms with van der Waals surface area (Å²) in [5.74, 6) is 1.40. The Balaban J connectivity index is 0.00000341. The summed E-state index contributed by atoms with van der Waals surface area (Å²) >= 11 is 0. The normalized spacial score (nSPS) is 24.5. The number of aliphatic imine (C=N–C) groups is 1. The third-order valence-corrected chi connectivity index (χ3v) is 6.19. The molecule has 174 valence electrons. The first-order valence-electron chi connectivity index (χ1n) is 11.6. The van der Waals surface area contributed by atoms with Gasteiger partial charge in [0.2, 0.25) is 0 Å². The number of carbonyl (C=O) groups excluding carboxylic acids is 1. The fourth-order valence-corrected chi connectivity index (χ4v) is 4.65. The summed E-state index contributed by atoms with van der Waals surface area (Å²) in [7, 11) is 0. The van der Waals surface area contributed by atoms with E-state index < -0.39 is 0 Å². The number of piperidine rings is 1. The first kappa shape index (κ1) is 25.9. The van der Waals surface area contributed by atoms with Gasteiger partial charge in [-0.3, -0.25) is 14.7 Å². The second-order valence-corrected chi connectivity index (χ2v) is 8.60. The number of esters is 1. The Morgan fingerprint density at radius 3 is 2.71 bits per heavy atom. The van der Waals surface area contributed by atoms with Gasteiger partial charge in [0.25, 0.3) is 0 Å². The maximum Gasteiger partial charge on any atom is 0.310 e. The number of rotatable bonds is 7. The van der Waals surface area contributed by atoms with Crippen molar-refractivity contribution in [3.05, 3.63) is 35.9 Å². The number of hydrogen-bond acceptors (Lipinski definition) is 4. The summed E-state index contributed by atoms with van der Waals surface area (Å²) in [6.45, 7) is 12.2. The van der Waals surface area contributed by atoms with Crippen molar-refractivity contribution in [2.24, 2.45) is 16.8 Å². The molecular weight excluding hydrogens is 503 g/mol. The minimum absolute atomic E-state index is 0. The van der Waals surface area contributed by atoms with Crippen molar-refractivity contribution < 1.29 is 9.53 Å². The van der Waals surface area contributed by atoms with Crippen molar-refractivity contribution >= 4 is 35.9 Å². The molecule has 0 spiro atoms. The molecule has 0 aliphatic carbocycles. The Bertz CT molecular complexity index is 700. The first-order valence-corrected chi connectivity index (χ1v) is 11.6. The Morgan fingerprint density at radius 1 is 1.23 bits per heavy atom. The van der Waals surface area contributed by atoms with Gasteiger partial charge < -0.3 is 15.0 Å². The van der Waals surface area contributed by atoms with Crippen molar-refractivity contribution in [3.63, 3.8) is 0 Å². The van der Waals surface area contributed by atoms with Crippen molar-refractivity contribution in [3.8, 4) is 0 Å². The fourth-order valence-electron chi connectivity index (χ4n) is 4.65. The topological polar surface area (TPSA) is 57.2 Å². The Morgan fingerprint density at radius 2 is 2.00 bits per heavy atom. The minimum atomic E-state index is -0.0702. The summed E-state index contributed by atoms with van der Waals surface area (Å²) in [6.07, 6.45) is 3.09. The molecule has 2 saturated heterocycles. The van der Waals surface area contributed by atoms with Gasteiger partial charge in [-0.15, -0.1) is 24.0 Å². The number of benzene rings is 1. The average Bonchev–Trinajstić information content (AvgIpc) is 3.11. The lowest BCUT2D eigenvalue weighted by atomic mass is 9.98. The van der Waals surface area contributed by atoms with Gasteiger partial charge in [0.05, 0.1) is 12.5 Å². The highest BCUT2D eigenvalue weighted by Crippen LogP contribution is 2.25. The summed E-state index contributed by atoms with van der Waals surface area (Å²) in [5, 5.41) is 3.44. The van der Waals surface area contributed by atoms with E-state index in [0.717, 1.165) is 51.5 Å². The van der Waals surface area contributed by atoms with Crippen LogP contribution >= 0.6 is 24.0 Å². The predicted molar refractivity (Wildman–Crippen MR) is 137 cm³/mol. The van der Waals surface area contributed by atoms with Gasteiger partial charge in [0.1, 0.15) is 0 Å². The maximum absolute atomic E-state index is 12.2. The van der Waals surface area contributed by atoms with Crippen LogP contribution in [0.2, 0.25) is 0 Å². The number of nitrogens with one attached hydrogen (secondary N) is 1. The number of nitrogens with zero attached hydrogens (tertiary/aromatic N) is 3. The van der Waals surface area contributed by atoms with E-state index in [1.165, 1.54) is 12.0 Å². The maximum atomic E-state index is 12.2. The van der Waals surface area contributed by atoms with Gasteiger partial charge in [-0.1, -0.05) is 30.3 Å². The lowest BCUT2D eigenvalue weighted by molar-refractivity contribution is -0.149. The molecule has 7 heteroatoms. The average molecular weight is 543 g/mol. The third kappa shape index (κ3) is 7.63. The summed E-state index contributed by atoms with van der Waals surface area (Å²) in [5.41, 5.74) is 1.38. The van der Waals surface area contributed by atoms with Crippen molar-refractivity contribution in [1.29, 1.82) is 0 Å². The SMILES string of the molecule is CCNC(=NCC1CC(C)N(Cc2ccccc2)C1)N1CCC[C@@H](C(=O)OCC)C1.I. The van der Waals surface area contributed by atoms with E-state index >= 15 is 0 Å². The van der Waals surface area contributed by atoms with E-state index in [1.54, 1.807) is 0 Å². The van der Waals surface area contributed by atoms with E-state index in [0.29, 0.717) is 25.1 Å². The highest BCUT2D eigenvalue weighted by molar-refractivity contribution is 14.0. The number of guanidine groups is 1.